The number of hydrogen-bond acceptors (Lipinski definition) is 10. The minimum absolute atomic E-state index is 0.0796. The van der Waals surface area contributed by atoms with Crippen LogP contribution >= 0.6 is 0 Å². The Hall–Kier alpha value is -4.89. The molecule has 0 saturated carbocycles. The summed E-state index contributed by atoms with van der Waals surface area (Å²) in [7, 11) is 0. The number of aliphatic hydroxyl groups is 2. The van der Waals surface area contributed by atoms with Crippen LogP contribution in [-0.2, 0) is 17.8 Å². The van der Waals surface area contributed by atoms with Crippen LogP contribution in [0.4, 0.5) is 11.4 Å². The van der Waals surface area contributed by atoms with E-state index in [0.29, 0.717) is 18.0 Å². The first-order valence-electron chi connectivity index (χ1n) is 16.0. The maximum absolute atomic E-state index is 13.7. The molecule has 1 aromatic carbocycles. The molecule has 0 amide bonds. The second-order valence-electron chi connectivity index (χ2n) is 11.9. The van der Waals surface area contributed by atoms with Gasteiger partial charge in [-0.25, -0.2) is 9.59 Å². The molecule has 3 heterocycles. The SMILES string of the molecule is CCCCOc1ccc(Nc2cn(C3C=CC(O)C3)c(=O)n(CCCn3c(=O)c(C)cn([C@H]4C[C@H](N=[N+]=[N-])[C@@H](CO)O4)c3=O)c2=O)cc1. The van der Waals surface area contributed by atoms with Gasteiger partial charge in [-0.1, -0.05) is 30.6 Å². The lowest BCUT2D eigenvalue weighted by atomic mass is 10.1. The molecule has 16 nitrogen and oxygen atoms in total. The molecule has 5 atom stereocenters. The summed E-state index contributed by atoms with van der Waals surface area (Å²) in [5.74, 6) is 0.690. The second kappa shape index (κ2) is 15.3. The minimum Gasteiger partial charge on any atom is -0.494 e. The molecular weight excluding hydrogens is 624 g/mol. The number of allylic oxidation sites excluding steroid dienone is 1. The van der Waals surface area contributed by atoms with Crippen molar-refractivity contribution in [1.29, 1.82) is 0 Å². The van der Waals surface area contributed by atoms with Crippen LogP contribution in [0.1, 0.15) is 56.9 Å². The van der Waals surface area contributed by atoms with Crippen molar-refractivity contribution < 1.29 is 19.7 Å². The first-order valence-corrected chi connectivity index (χ1v) is 16.0. The van der Waals surface area contributed by atoms with Gasteiger partial charge in [0.15, 0.2) is 0 Å². The van der Waals surface area contributed by atoms with E-state index in [1.165, 1.54) is 21.5 Å². The van der Waals surface area contributed by atoms with Gasteiger partial charge in [-0.15, -0.1) is 0 Å². The summed E-state index contributed by atoms with van der Waals surface area (Å²) in [5.41, 5.74) is 7.45. The first kappa shape index (κ1) is 34.4. The van der Waals surface area contributed by atoms with Crippen LogP contribution in [0.5, 0.6) is 5.75 Å². The Morgan fingerprint density at radius 1 is 1.00 bits per heavy atom. The van der Waals surface area contributed by atoms with Crippen LogP contribution in [0.3, 0.4) is 0 Å². The molecule has 3 N–H and O–H groups in total. The monoisotopic (exact) mass is 664 g/mol. The predicted molar refractivity (Wildman–Crippen MR) is 177 cm³/mol. The highest BCUT2D eigenvalue weighted by Gasteiger charge is 2.36. The molecule has 256 valence electrons. The van der Waals surface area contributed by atoms with Gasteiger partial charge in [0.25, 0.3) is 11.1 Å². The number of anilines is 2. The van der Waals surface area contributed by atoms with Crippen molar-refractivity contribution in [1.82, 2.24) is 18.3 Å². The Morgan fingerprint density at radius 3 is 2.35 bits per heavy atom. The third kappa shape index (κ3) is 7.47. The van der Waals surface area contributed by atoms with Crippen molar-refractivity contribution in [2.45, 2.75) is 89.6 Å². The summed E-state index contributed by atoms with van der Waals surface area (Å²) in [6, 6.07) is 5.92. The van der Waals surface area contributed by atoms with E-state index in [-0.39, 0.29) is 43.6 Å². The molecule has 1 aliphatic heterocycles. The summed E-state index contributed by atoms with van der Waals surface area (Å²) >= 11 is 0. The van der Waals surface area contributed by atoms with Crippen LogP contribution < -0.4 is 32.6 Å². The summed E-state index contributed by atoms with van der Waals surface area (Å²) in [6.07, 6.45) is 6.11. The fourth-order valence-corrected chi connectivity index (χ4v) is 5.92. The smallest absolute Gasteiger partial charge is 0.333 e. The molecule has 5 rings (SSSR count). The average Bonchev–Trinajstić information content (AvgIpc) is 3.70. The van der Waals surface area contributed by atoms with E-state index in [4.69, 9.17) is 15.0 Å². The number of rotatable bonds is 14. The average molecular weight is 665 g/mol. The minimum atomic E-state index is -0.875. The van der Waals surface area contributed by atoms with Gasteiger partial charge in [-0.3, -0.25) is 27.9 Å². The molecule has 2 aliphatic rings. The largest absolute Gasteiger partial charge is 0.494 e. The normalized spacial score (nSPS) is 21.7. The molecule has 1 aliphatic carbocycles. The van der Waals surface area contributed by atoms with Crippen LogP contribution in [0.2, 0.25) is 0 Å². The molecule has 0 spiro atoms. The zero-order valence-electron chi connectivity index (χ0n) is 26.8. The van der Waals surface area contributed by atoms with E-state index in [9.17, 15) is 29.4 Å². The quantitative estimate of drug-likeness (QED) is 0.0759. The summed E-state index contributed by atoms with van der Waals surface area (Å²) < 4.78 is 16.2. The lowest BCUT2D eigenvalue weighted by Crippen LogP contribution is -2.44. The molecular formula is C32H40N8O8. The number of unbranched alkanes of at least 4 members (excludes halogenated alkanes) is 1. The second-order valence-corrected chi connectivity index (χ2v) is 11.9. The van der Waals surface area contributed by atoms with E-state index < -0.39 is 59.6 Å². The fraction of sp³-hybridized carbons (Fsp3) is 0.500. The Balaban J connectivity index is 1.40. The lowest BCUT2D eigenvalue weighted by Gasteiger charge is -2.19. The first-order chi connectivity index (χ1) is 23.1. The van der Waals surface area contributed by atoms with Crippen LogP contribution in [0.15, 0.2) is 73.1 Å². The molecule has 2 unspecified atom stereocenters. The highest BCUT2D eigenvalue weighted by Crippen LogP contribution is 2.30. The van der Waals surface area contributed by atoms with Gasteiger partial charge in [-0.2, -0.15) is 0 Å². The lowest BCUT2D eigenvalue weighted by molar-refractivity contribution is -0.0277. The number of ether oxygens (including phenoxy) is 2. The number of aliphatic hydroxyl groups excluding tert-OH is 2. The Morgan fingerprint density at radius 2 is 1.71 bits per heavy atom. The molecule has 0 bridgehead atoms. The van der Waals surface area contributed by atoms with E-state index >= 15 is 0 Å². The van der Waals surface area contributed by atoms with E-state index in [2.05, 4.69) is 22.3 Å². The third-order valence-corrected chi connectivity index (χ3v) is 8.52. The molecule has 16 heteroatoms. The molecule has 48 heavy (non-hydrogen) atoms. The maximum Gasteiger partial charge on any atom is 0.333 e. The van der Waals surface area contributed by atoms with Gasteiger partial charge in [0.2, 0.25) is 0 Å². The summed E-state index contributed by atoms with van der Waals surface area (Å²) in [5, 5.41) is 26.5. The van der Waals surface area contributed by atoms with Crippen molar-refractivity contribution in [3.05, 3.63) is 106 Å². The molecule has 0 radical (unpaired) electrons. The van der Waals surface area contributed by atoms with Crippen molar-refractivity contribution in [3.63, 3.8) is 0 Å². The predicted octanol–water partition coefficient (Wildman–Crippen LogP) is 2.48. The number of nitrogens with one attached hydrogen (secondary N) is 1. The van der Waals surface area contributed by atoms with Crippen LogP contribution in [0.25, 0.3) is 10.4 Å². The van der Waals surface area contributed by atoms with Crippen molar-refractivity contribution >= 4 is 11.4 Å². The highest BCUT2D eigenvalue weighted by molar-refractivity contribution is 5.58. The number of aromatic nitrogens is 4. The maximum atomic E-state index is 13.7. The fourth-order valence-electron chi connectivity index (χ4n) is 5.92. The van der Waals surface area contributed by atoms with E-state index in [1.807, 2.05) is 0 Å². The standard InChI is InChI=1S/C32H40N8O8/c1-3-4-14-47-24-10-6-21(7-11-24)34-26-18-39(22-8-9-23(42)15-22)31(45)38(30(26)44)13-5-12-37-29(43)20(2)17-40(32(37)46)28-16-25(35-36-33)27(19-41)48-28/h6-11,17-18,22-23,25,27-28,34,41-42H,3-5,12-16,19H2,1-2H3/t22?,23?,25-,27+,28+/m0/s1. The third-order valence-electron chi connectivity index (χ3n) is 8.52. The van der Waals surface area contributed by atoms with Gasteiger partial charge in [0, 0.05) is 54.5 Å². The zero-order chi connectivity index (χ0) is 34.4. The van der Waals surface area contributed by atoms with Gasteiger partial charge < -0.3 is 25.0 Å². The van der Waals surface area contributed by atoms with Crippen molar-refractivity contribution in [3.8, 4) is 5.75 Å². The van der Waals surface area contributed by atoms with Gasteiger partial charge in [-0.05, 0) is 49.6 Å². The number of aryl methyl sites for hydroxylation is 1. The van der Waals surface area contributed by atoms with Gasteiger partial charge in [0.05, 0.1) is 37.5 Å². The number of hydrogen-bond donors (Lipinski definition) is 3. The topological polar surface area (TPSA) is 208 Å². The van der Waals surface area contributed by atoms with Crippen LogP contribution in [-0.4, -0.2) is 59.9 Å². The number of nitrogens with zero attached hydrogens (tertiary/aromatic N) is 7. The van der Waals surface area contributed by atoms with E-state index in [1.54, 1.807) is 43.3 Å². The van der Waals surface area contributed by atoms with Crippen molar-refractivity contribution in [2.75, 3.05) is 18.5 Å². The molecule has 1 fully saturated rings. The summed E-state index contributed by atoms with van der Waals surface area (Å²) in [4.78, 5) is 56.6. The van der Waals surface area contributed by atoms with Gasteiger partial charge in [0.1, 0.15) is 17.7 Å². The Kier molecular flexibility index (Phi) is 11.0. The van der Waals surface area contributed by atoms with E-state index in [0.717, 1.165) is 22.0 Å². The Labute approximate surface area is 274 Å². The molecule has 1 saturated heterocycles. The highest BCUT2D eigenvalue weighted by atomic mass is 16.5. The summed E-state index contributed by atoms with van der Waals surface area (Å²) in [6.45, 7) is 3.58. The van der Waals surface area contributed by atoms with Crippen molar-refractivity contribution in [2.24, 2.45) is 5.11 Å². The molecule has 2 aromatic heterocycles. The Bertz CT molecular complexity index is 1920. The zero-order valence-corrected chi connectivity index (χ0v) is 26.8. The number of azide groups is 1. The molecule has 3 aromatic rings. The van der Waals surface area contributed by atoms with Gasteiger partial charge >= 0.3 is 11.4 Å². The number of benzene rings is 1. The van der Waals surface area contributed by atoms with Crippen LogP contribution in [0, 0.1) is 6.92 Å².